The zero-order valence-corrected chi connectivity index (χ0v) is 13.2. The van der Waals surface area contributed by atoms with Crippen molar-refractivity contribution < 1.29 is 14.3 Å². The van der Waals surface area contributed by atoms with Crippen molar-refractivity contribution in [1.82, 2.24) is 10.2 Å². The largest absolute Gasteiger partial charge is 0.496 e. The molecule has 5 nitrogen and oxygen atoms in total. The summed E-state index contributed by atoms with van der Waals surface area (Å²) in [5.41, 5.74) is 3.29. The van der Waals surface area contributed by atoms with Gasteiger partial charge in [-0.05, 0) is 30.5 Å². The zero-order valence-electron chi connectivity index (χ0n) is 13.2. The van der Waals surface area contributed by atoms with Gasteiger partial charge in [-0.25, -0.2) is 0 Å². The second kappa shape index (κ2) is 6.91. The highest BCUT2D eigenvalue weighted by Crippen LogP contribution is 2.24. The number of hydrogen-bond acceptors (Lipinski definition) is 4. The Morgan fingerprint density at radius 1 is 1.43 bits per heavy atom. The van der Waals surface area contributed by atoms with Crippen LogP contribution in [0, 0.1) is 13.8 Å². The third kappa shape index (κ3) is 3.74. The highest BCUT2D eigenvalue weighted by molar-refractivity contribution is 5.81. The molecule has 5 heteroatoms. The average molecular weight is 292 g/mol. The first-order chi connectivity index (χ1) is 10.0. The van der Waals surface area contributed by atoms with E-state index in [1.54, 1.807) is 12.0 Å². The number of benzene rings is 1. The van der Waals surface area contributed by atoms with E-state index in [2.05, 4.69) is 17.4 Å². The van der Waals surface area contributed by atoms with Crippen molar-refractivity contribution in [3.8, 4) is 5.75 Å². The summed E-state index contributed by atoms with van der Waals surface area (Å²) in [5, 5.41) is 3.19. The van der Waals surface area contributed by atoms with Crippen molar-refractivity contribution in [2.75, 3.05) is 33.9 Å². The van der Waals surface area contributed by atoms with Gasteiger partial charge in [0.05, 0.1) is 20.3 Å². The van der Waals surface area contributed by atoms with Gasteiger partial charge in [0.2, 0.25) is 5.91 Å². The molecular weight excluding hydrogens is 268 g/mol. The van der Waals surface area contributed by atoms with Gasteiger partial charge >= 0.3 is 0 Å². The van der Waals surface area contributed by atoms with E-state index in [0.717, 1.165) is 29.0 Å². The second-order valence-corrected chi connectivity index (χ2v) is 5.54. The van der Waals surface area contributed by atoms with Crippen LogP contribution < -0.4 is 10.1 Å². The van der Waals surface area contributed by atoms with Gasteiger partial charge in [0.25, 0.3) is 0 Å². The zero-order chi connectivity index (χ0) is 15.4. The molecule has 1 heterocycles. The van der Waals surface area contributed by atoms with E-state index < -0.39 is 0 Å². The number of carbonyl (C=O) groups excluding carboxylic acids is 1. The summed E-state index contributed by atoms with van der Waals surface area (Å²) in [4.78, 5) is 14.1. The number of aryl methyl sites for hydroxylation is 2. The Morgan fingerprint density at radius 3 is 2.62 bits per heavy atom. The third-order valence-electron chi connectivity index (χ3n) is 3.74. The molecule has 1 unspecified atom stereocenters. The van der Waals surface area contributed by atoms with Gasteiger partial charge in [-0.3, -0.25) is 4.79 Å². The maximum Gasteiger partial charge on any atom is 0.242 e. The van der Waals surface area contributed by atoms with E-state index in [1.165, 1.54) is 0 Å². The first-order valence-electron chi connectivity index (χ1n) is 7.23. The number of morpholine rings is 1. The lowest BCUT2D eigenvalue weighted by molar-refractivity contribution is -0.135. The minimum Gasteiger partial charge on any atom is -0.496 e. The third-order valence-corrected chi connectivity index (χ3v) is 3.74. The summed E-state index contributed by atoms with van der Waals surface area (Å²) in [6.07, 6.45) is 0. The van der Waals surface area contributed by atoms with Crippen molar-refractivity contribution in [3.05, 3.63) is 28.8 Å². The molecule has 1 amide bonds. The molecule has 2 rings (SSSR count). The minimum atomic E-state index is -0.232. The Bertz CT molecular complexity index is 487. The fourth-order valence-electron chi connectivity index (χ4n) is 2.80. The van der Waals surface area contributed by atoms with Crippen molar-refractivity contribution in [1.29, 1.82) is 0 Å². The number of amides is 1. The van der Waals surface area contributed by atoms with E-state index in [9.17, 15) is 4.79 Å². The molecule has 0 aromatic heterocycles. The summed E-state index contributed by atoms with van der Waals surface area (Å²) in [7, 11) is 3.51. The fraction of sp³-hybridized carbons (Fsp3) is 0.562. The van der Waals surface area contributed by atoms with Crippen LogP contribution in [0.5, 0.6) is 5.75 Å². The van der Waals surface area contributed by atoms with Gasteiger partial charge in [0, 0.05) is 20.1 Å². The smallest absolute Gasteiger partial charge is 0.242 e. The van der Waals surface area contributed by atoms with E-state index >= 15 is 0 Å². The average Bonchev–Trinajstić information content (AvgIpc) is 2.47. The van der Waals surface area contributed by atoms with Crippen LogP contribution in [0.25, 0.3) is 0 Å². The van der Waals surface area contributed by atoms with Gasteiger partial charge in [-0.2, -0.15) is 0 Å². The van der Waals surface area contributed by atoms with Crippen LogP contribution in [0.3, 0.4) is 0 Å². The van der Waals surface area contributed by atoms with Gasteiger partial charge < -0.3 is 19.7 Å². The topological polar surface area (TPSA) is 50.8 Å². The molecule has 0 radical (unpaired) electrons. The van der Waals surface area contributed by atoms with Crippen molar-refractivity contribution in [2.24, 2.45) is 0 Å². The Morgan fingerprint density at radius 2 is 2.10 bits per heavy atom. The van der Waals surface area contributed by atoms with Crippen molar-refractivity contribution >= 4 is 5.91 Å². The number of methoxy groups -OCH3 is 1. The predicted molar refractivity (Wildman–Crippen MR) is 81.6 cm³/mol. The van der Waals surface area contributed by atoms with Crippen LogP contribution in [0.2, 0.25) is 0 Å². The maximum atomic E-state index is 12.4. The lowest BCUT2D eigenvalue weighted by Gasteiger charge is -2.27. The molecule has 0 aliphatic carbocycles. The second-order valence-electron chi connectivity index (χ2n) is 5.54. The highest BCUT2D eigenvalue weighted by atomic mass is 16.5. The number of hydrogen-bond donors (Lipinski definition) is 1. The van der Waals surface area contributed by atoms with Crippen LogP contribution in [0.1, 0.15) is 16.7 Å². The molecule has 0 spiro atoms. The number of rotatable bonds is 4. The predicted octanol–water partition coefficient (Wildman–Crippen LogP) is 1.26. The molecule has 1 fully saturated rings. The number of likely N-dealkylation sites (N-methyl/N-ethyl adjacent to an activating group) is 1. The van der Waals surface area contributed by atoms with Crippen LogP contribution in [-0.4, -0.2) is 50.8 Å². The number of nitrogens with one attached hydrogen (secondary N) is 1. The maximum absolute atomic E-state index is 12.4. The van der Waals surface area contributed by atoms with Crippen molar-refractivity contribution in [2.45, 2.75) is 26.4 Å². The lowest BCUT2D eigenvalue weighted by atomic mass is 10.1. The molecule has 116 valence electrons. The van der Waals surface area contributed by atoms with Gasteiger partial charge in [-0.1, -0.05) is 12.1 Å². The molecule has 1 N–H and O–H groups in total. The van der Waals surface area contributed by atoms with Crippen LogP contribution in [0.4, 0.5) is 0 Å². The first kappa shape index (κ1) is 15.8. The summed E-state index contributed by atoms with van der Waals surface area (Å²) >= 11 is 0. The molecule has 1 aliphatic rings. The highest BCUT2D eigenvalue weighted by Gasteiger charge is 2.24. The van der Waals surface area contributed by atoms with Gasteiger partial charge in [0.15, 0.2) is 0 Å². The quantitative estimate of drug-likeness (QED) is 0.908. The van der Waals surface area contributed by atoms with Crippen molar-refractivity contribution in [3.63, 3.8) is 0 Å². The van der Waals surface area contributed by atoms with Crippen LogP contribution >= 0.6 is 0 Å². The molecule has 1 aliphatic heterocycles. The molecule has 1 atom stereocenters. The Balaban J connectivity index is 2.05. The van der Waals surface area contributed by atoms with E-state index in [4.69, 9.17) is 9.47 Å². The lowest BCUT2D eigenvalue weighted by Crippen LogP contribution is -2.51. The van der Waals surface area contributed by atoms with E-state index in [1.807, 2.05) is 20.9 Å². The summed E-state index contributed by atoms with van der Waals surface area (Å²) < 4.78 is 10.7. The van der Waals surface area contributed by atoms with Crippen LogP contribution in [-0.2, 0) is 16.1 Å². The Kier molecular flexibility index (Phi) is 5.20. The number of carbonyl (C=O) groups is 1. The SMILES string of the molecule is COc1c(C)cc(CN(C)C(=O)C2COCCN2)cc1C. The molecule has 0 bridgehead atoms. The van der Waals surface area contributed by atoms with E-state index in [-0.39, 0.29) is 11.9 Å². The first-order valence-corrected chi connectivity index (χ1v) is 7.23. The molecule has 1 saturated heterocycles. The van der Waals surface area contributed by atoms with Crippen LogP contribution in [0.15, 0.2) is 12.1 Å². The Labute approximate surface area is 126 Å². The standard InChI is InChI=1S/C16H24N2O3/c1-11-7-13(8-12(2)15(11)20-4)9-18(3)16(19)14-10-21-6-5-17-14/h7-8,14,17H,5-6,9-10H2,1-4H3. The molecular formula is C16H24N2O3. The van der Waals surface area contributed by atoms with Gasteiger partial charge in [0.1, 0.15) is 11.8 Å². The molecule has 1 aromatic rings. The minimum absolute atomic E-state index is 0.0702. The van der Waals surface area contributed by atoms with E-state index in [0.29, 0.717) is 19.8 Å². The van der Waals surface area contributed by atoms with Gasteiger partial charge in [-0.15, -0.1) is 0 Å². The monoisotopic (exact) mass is 292 g/mol. The molecule has 0 saturated carbocycles. The molecule has 21 heavy (non-hydrogen) atoms. The summed E-state index contributed by atoms with van der Waals surface area (Å²) in [5.74, 6) is 0.982. The Hall–Kier alpha value is -1.59. The number of nitrogens with zero attached hydrogens (tertiary/aromatic N) is 1. The summed E-state index contributed by atoms with van der Waals surface area (Å²) in [6, 6.07) is 3.91. The fourth-order valence-corrected chi connectivity index (χ4v) is 2.80. The normalized spacial score (nSPS) is 18.4. The number of ether oxygens (including phenoxy) is 2. The molecule has 1 aromatic carbocycles. The summed E-state index contributed by atoms with van der Waals surface area (Å²) in [6.45, 7) is 6.48.